The third-order valence-electron chi connectivity index (χ3n) is 3.20. The van der Waals surface area contributed by atoms with Gasteiger partial charge in [0.15, 0.2) is 5.37 Å². The summed E-state index contributed by atoms with van der Waals surface area (Å²) >= 11 is 0.862. The van der Waals surface area contributed by atoms with Crippen LogP contribution in [0.15, 0.2) is 60.8 Å². The van der Waals surface area contributed by atoms with Crippen molar-refractivity contribution in [2.75, 3.05) is 5.32 Å². The van der Waals surface area contributed by atoms with Crippen LogP contribution in [-0.2, 0) is 4.79 Å². The maximum absolute atomic E-state index is 12.5. The number of benzene rings is 1. The summed E-state index contributed by atoms with van der Waals surface area (Å²) in [4.78, 5) is 36.5. The average molecular weight is 344 g/mol. The second-order valence-corrected chi connectivity index (χ2v) is 5.84. The van der Waals surface area contributed by atoms with Crippen LogP contribution in [0.2, 0.25) is 0 Å². The maximum atomic E-state index is 12.5. The van der Waals surface area contributed by atoms with Gasteiger partial charge in [-0.25, -0.2) is 9.69 Å². The highest BCUT2D eigenvalue weighted by Crippen LogP contribution is 2.31. The summed E-state index contributed by atoms with van der Waals surface area (Å²) < 4.78 is 0. The molecule has 1 unspecified atom stereocenters. The van der Waals surface area contributed by atoms with Crippen LogP contribution in [0.5, 0.6) is 0 Å². The summed E-state index contributed by atoms with van der Waals surface area (Å²) in [6.07, 6.45) is 6.57. The Hall–Kier alpha value is -2.80. The number of nitrogens with one attached hydrogen (secondary N) is 1. The lowest BCUT2D eigenvalue weighted by atomic mass is 10.2. The summed E-state index contributed by atoms with van der Waals surface area (Å²) in [6.45, 7) is 5.45. The van der Waals surface area contributed by atoms with E-state index in [0.717, 1.165) is 16.7 Å². The molecular weight excluding hydrogens is 328 g/mol. The fourth-order valence-corrected chi connectivity index (χ4v) is 2.93. The van der Waals surface area contributed by atoms with E-state index in [1.807, 2.05) is 6.92 Å². The minimum atomic E-state index is -1.03. The molecule has 1 saturated heterocycles. The Labute approximate surface area is 143 Å². The third-order valence-corrected chi connectivity index (χ3v) is 4.14. The minimum absolute atomic E-state index is 0.145. The highest BCUT2D eigenvalue weighted by molar-refractivity contribution is 8.15. The van der Waals surface area contributed by atoms with Gasteiger partial charge in [0.2, 0.25) is 0 Å². The molecule has 0 aromatic heterocycles. The molecule has 2 amide bonds. The molecule has 1 aromatic rings. The second-order valence-electron chi connectivity index (χ2n) is 4.79. The van der Waals surface area contributed by atoms with Crippen molar-refractivity contribution in [2.45, 2.75) is 12.3 Å². The smallest absolute Gasteiger partial charge is 0.335 e. The number of carbonyl (C=O) groups is 3. The van der Waals surface area contributed by atoms with Crippen LogP contribution in [0.4, 0.5) is 10.5 Å². The molecule has 24 heavy (non-hydrogen) atoms. The molecule has 7 heteroatoms. The Bertz CT molecular complexity index is 737. The van der Waals surface area contributed by atoms with Crippen LogP contribution in [0.25, 0.3) is 0 Å². The molecule has 1 fully saturated rings. The quantitative estimate of drug-likeness (QED) is 0.769. The van der Waals surface area contributed by atoms with Gasteiger partial charge in [0.05, 0.1) is 11.3 Å². The number of hydrogen-bond donors (Lipinski definition) is 2. The second kappa shape index (κ2) is 7.65. The zero-order valence-corrected chi connectivity index (χ0v) is 13.7. The van der Waals surface area contributed by atoms with Crippen molar-refractivity contribution < 1.29 is 19.5 Å². The van der Waals surface area contributed by atoms with Crippen molar-refractivity contribution in [3.8, 4) is 0 Å². The molecular formula is C17H16N2O4S. The normalized spacial score (nSPS) is 18.3. The lowest BCUT2D eigenvalue weighted by Crippen LogP contribution is -2.33. The zero-order valence-electron chi connectivity index (χ0n) is 12.9. The molecule has 0 radical (unpaired) electrons. The summed E-state index contributed by atoms with van der Waals surface area (Å²) in [6, 6.07) is 5.95. The van der Waals surface area contributed by atoms with Gasteiger partial charge in [0.1, 0.15) is 0 Å². The molecule has 1 heterocycles. The molecule has 6 nitrogen and oxygen atoms in total. The minimum Gasteiger partial charge on any atom is -0.478 e. The van der Waals surface area contributed by atoms with Crippen LogP contribution in [0, 0.1) is 0 Å². The van der Waals surface area contributed by atoms with E-state index >= 15 is 0 Å². The topological polar surface area (TPSA) is 86.7 Å². The van der Waals surface area contributed by atoms with E-state index in [0.29, 0.717) is 11.4 Å². The fourth-order valence-electron chi connectivity index (χ4n) is 2.02. The first-order valence-corrected chi connectivity index (χ1v) is 7.95. The Morgan fingerprint density at radius 3 is 2.54 bits per heavy atom. The Kier molecular flexibility index (Phi) is 5.59. The van der Waals surface area contributed by atoms with E-state index in [1.165, 1.54) is 18.2 Å². The van der Waals surface area contributed by atoms with Gasteiger partial charge in [-0.15, -0.1) is 0 Å². The van der Waals surface area contributed by atoms with Gasteiger partial charge in [-0.3, -0.25) is 9.59 Å². The van der Waals surface area contributed by atoms with Gasteiger partial charge in [0.25, 0.3) is 11.1 Å². The van der Waals surface area contributed by atoms with E-state index in [4.69, 9.17) is 5.11 Å². The number of carboxylic acid groups (broad SMARTS) is 1. The van der Waals surface area contributed by atoms with Gasteiger partial charge >= 0.3 is 5.97 Å². The third kappa shape index (κ3) is 3.75. The van der Waals surface area contributed by atoms with E-state index < -0.39 is 22.5 Å². The number of carbonyl (C=O) groups excluding carboxylic acids is 2. The Morgan fingerprint density at radius 1 is 1.33 bits per heavy atom. The lowest BCUT2D eigenvalue weighted by molar-refractivity contribution is -0.124. The van der Waals surface area contributed by atoms with E-state index in [2.05, 4.69) is 11.9 Å². The Morgan fingerprint density at radius 2 is 2.00 bits per heavy atom. The van der Waals surface area contributed by atoms with Gasteiger partial charge < -0.3 is 10.4 Å². The van der Waals surface area contributed by atoms with Crippen LogP contribution in [0.1, 0.15) is 17.3 Å². The van der Waals surface area contributed by atoms with Crippen LogP contribution < -0.4 is 5.32 Å². The number of carboxylic acids is 1. The molecule has 0 saturated carbocycles. The van der Waals surface area contributed by atoms with Gasteiger partial charge in [0, 0.05) is 5.69 Å². The largest absolute Gasteiger partial charge is 0.478 e. The molecule has 0 spiro atoms. The zero-order chi connectivity index (χ0) is 17.7. The fraction of sp³-hybridized carbons (Fsp3) is 0.118. The molecule has 1 aliphatic heterocycles. The molecule has 0 bridgehead atoms. The van der Waals surface area contributed by atoms with Crippen molar-refractivity contribution in [3.05, 3.63) is 66.4 Å². The summed E-state index contributed by atoms with van der Waals surface area (Å²) in [7, 11) is 0. The highest BCUT2D eigenvalue weighted by Gasteiger charge is 2.40. The first-order chi connectivity index (χ1) is 11.5. The standard InChI is InChI=1S/C17H16N2O4S/c1-3-5-6-13(4-2)19-15(20)14(24-17(19)23)18-12-9-7-11(8-10-12)16(21)22/h3-10,14,18H,2H2,1H3,(H,21,22). The molecule has 1 atom stereocenters. The number of nitrogens with zero attached hydrogens (tertiary/aromatic N) is 1. The Balaban J connectivity index is 2.16. The first-order valence-electron chi connectivity index (χ1n) is 7.07. The van der Waals surface area contributed by atoms with Crippen molar-refractivity contribution in [1.29, 1.82) is 0 Å². The molecule has 1 aromatic carbocycles. The highest BCUT2D eigenvalue weighted by atomic mass is 32.2. The summed E-state index contributed by atoms with van der Waals surface area (Å²) in [5.74, 6) is -1.43. The molecule has 1 aliphatic rings. The number of anilines is 1. The maximum Gasteiger partial charge on any atom is 0.335 e. The first kappa shape index (κ1) is 17.6. The SMILES string of the molecule is C=CC(=CC=CC)N1C(=O)SC(Nc2ccc(C(=O)O)cc2)C1=O. The van der Waals surface area contributed by atoms with Crippen LogP contribution >= 0.6 is 11.8 Å². The number of thioether (sulfide) groups is 1. The van der Waals surface area contributed by atoms with Gasteiger partial charge in [-0.1, -0.05) is 18.7 Å². The number of amides is 2. The summed E-state index contributed by atoms with van der Waals surface area (Å²) in [5, 5.41) is 10.6. The van der Waals surface area contributed by atoms with Crippen molar-refractivity contribution >= 4 is 34.6 Å². The molecule has 0 aliphatic carbocycles. The number of rotatable bonds is 6. The molecule has 2 N–H and O–H groups in total. The number of allylic oxidation sites excluding steroid dienone is 4. The van der Waals surface area contributed by atoms with Crippen molar-refractivity contribution in [3.63, 3.8) is 0 Å². The van der Waals surface area contributed by atoms with Crippen LogP contribution in [0.3, 0.4) is 0 Å². The molecule has 2 rings (SSSR count). The van der Waals surface area contributed by atoms with E-state index in [1.54, 1.807) is 30.4 Å². The average Bonchev–Trinajstić information content (AvgIpc) is 2.83. The van der Waals surface area contributed by atoms with E-state index in [-0.39, 0.29) is 5.56 Å². The lowest BCUT2D eigenvalue weighted by Gasteiger charge is -2.15. The molecule has 124 valence electrons. The van der Waals surface area contributed by atoms with Crippen LogP contribution in [-0.4, -0.2) is 32.5 Å². The number of imide groups is 1. The van der Waals surface area contributed by atoms with Gasteiger partial charge in [-0.2, -0.15) is 0 Å². The van der Waals surface area contributed by atoms with Crippen molar-refractivity contribution in [2.24, 2.45) is 0 Å². The van der Waals surface area contributed by atoms with Crippen molar-refractivity contribution in [1.82, 2.24) is 4.90 Å². The van der Waals surface area contributed by atoms with Gasteiger partial charge in [-0.05, 0) is 55.1 Å². The number of hydrogen-bond acceptors (Lipinski definition) is 5. The monoisotopic (exact) mass is 344 g/mol. The predicted octanol–water partition coefficient (Wildman–Crippen LogP) is 3.46. The summed E-state index contributed by atoms with van der Waals surface area (Å²) in [5.41, 5.74) is 1.10. The van der Waals surface area contributed by atoms with E-state index in [9.17, 15) is 14.4 Å². The predicted molar refractivity (Wildman–Crippen MR) is 93.7 cm³/mol. The number of aromatic carboxylic acids is 1.